The van der Waals surface area contributed by atoms with Crippen molar-refractivity contribution in [1.29, 1.82) is 0 Å². The highest BCUT2D eigenvalue weighted by atomic mass is 32.2. The Balaban J connectivity index is 3.06. The van der Waals surface area contributed by atoms with E-state index in [1.54, 1.807) is 25.1 Å². The predicted molar refractivity (Wildman–Crippen MR) is 78.8 cm³/mol. The number of sulfonamides is 1. The molecule has 1 atom stereocenters. The molecule has 1 aromatic carbocycles. The van der Waals surface area contributed by atoms with Crippen LogP contribution >= 0.6 is 0 Å². The van der Waals surface area contributed by atoms with Gasteiger partial charge in [-0.05, 0) is 18.6 Å². The molecule has 0 bridgehead atoms. The molecule has 0 fully saturated rings. The number of anilines is 1. The Morgan fingerprint density at radius 1 is 1.30 bits per heavy atom. The molecule has 0 saturated carbocycles. The Morgan fingerprint density at radius 3 is 2.50 bits per heavy atom. The molecule has 1 amide bonds. The van der Waals surface area contributed by atoms with E-state index >= 15 is 0 Å². The van der Waals surface area contributed by atoms with Gasteiger partial charge in [0.1, 0.15) is 4.90 Å². The molecule has 0 radical (unpaired) electrons. The van der Waals surface area contributed by atoms with Crippen molar-refractivity contribution < 1.29 is 13.2 Å². The van der Waals surface area contributed by atoms with Crippen LogP contribution in [0, 0.1) is 5.92 Å². The number of benzene rings is 1. The Hall–Kier alpha value is -1.44. The van der Waals surface area contributed by atoms with Gasteiger partial charge in [-0.3, -0.25) is 4.79 Å². The minimum atomic E-state index is -3.62. The lowest BCUT2D eigenvalue weighted by Gasteiger charge is -2.15. The summed E-state index contributed by atoms with van der Waals surface area (Å²) in [5.41, 5.74) is 5.79. The first-order valence-electron chi connectivity index (χ1n) is 6.55. The molecule has 0 aliphatic carbocycles. The Labute approximate surface area is 119 Å². The second-order valence-electron chi connectivity index (χ2n) is 4.33. The molecule has 6 nitrogen and oxygen atoms in total. The van der Waals surface area contributed by atoms with Gasteiger partial charge in [0.25, 0.3) is 0 Å². The maximum atomic E-state index is 12.1. The highest BCUT2D eigenvalue weighted by molar-refractivity contribution is 7.89. The molecule has 4 N–H and O–H groups in total. The van der Waals surface area contributed by atoms with Crippen molar-refractivity contribution in [3.05, 3.63) is 24.3 Å². The zero-order chi connectivity index (χ0) is 15.2. The van der Waals surface area contributed by atoms with E-state index in [1.165, 1.54) is 6.07 Å². The summed E-state index contributed by atoms with van der Waals surface area (Å²) in [5, 5.41) is 2.64. The summed E-state index contributed by atoms with van der Waals surface area (Å²) in [6, 6.07) is 6.30. The maximum Gasteiger partial charge on any atom is 0.242 e. The lowest BCUT2D eigenvalue weighted by molar-refractivity contribution is -0.119. The molecule has 1 aromatic rings. The number of hydrogen-bond donors (Lipinski definition) is 3. The lowest BCUT2D eigenvalue weighted by atomic mass is 10.1. The molecule has 20 heavy (non-hydrogen) atoms. The zero-order valence-corrected chi connectivity index (χ0v) is 12.5. The summed E-state index contributed by atoms with van der Waals surface area (Å²) in [6.45, 7) is 4.06. The van der Waals surface area contributed by atoms with E-state index in [9.17, 15) is 13.2 Å². The van der Waals surface area contributed by atoms with Crippen LogP contribution in [0.25, 0.3) is 0 Å². The normalized spacial score (nSPS) is 12.9. The SMILES string of the molecule is CCNS(=O)(=O)c1ccccc1NC(=O)C(CC)CN. The molecule has 0 saturated heterocycles. The molecule has 1 unspecified atom stereocenters. The van der Waals surface area contributed by atoms with Crippen molar-refractivity contribution in [2.45, 2.75) is 25.2 Å². The number of nitrogens with one attached hydrogen (secondary N) is 2. The van der Waals surface area contributed by atoms with Gasteiger partial charge in [-0.15, -0.1) is 0 Å². The van der Waals surface area contributed by atoms with Gasteiger partial charge >= 0.3 is 0 Å². The minimum absolute atomic E-state index is 0.0575. The third-order valence-corrected chi connectivity index (χ3v) is 4.52. The molecule has 0 spiro atoms. The number of amides is 1. The van der Waals surface area contributed by atoms with Crippen molar-refractivity contribution in [1.82, 2.24) is 4.72 Å². The van der Waals surface area contributed by atoms with Gasteiger partial charge in [0, 0.05) is 13.1 Å². The van der Waals surface area contributed by atoms with Gasteiger partial charge in [-0.1, -0.05) is 26.0 Å². The van der Waals surface area contributed by atoms with Gasteiger partial charge in [0.2, 0.25) is 15.9 Å². The molecule has 7 heteroatoms. The quantitative estimate of drug-likeness (QED) is 0.696. The summed E-state index contributed by atoms with van der Waals surface area (Å²) in [4.78, 5) is 12.1. The van der Waals surface area contributed by atoms with Crippen molar-refractivity contribution >= 4 is 21.6 Å². The number of nitrogens with two attached hydrogens (primary N) is 1. The van der Waals surface area contributed by atoms with Crippen LogP contribution in [0.5, 0.6) is 0 Å². The van der Waals surface area contributed by atoms with E-state index in [0.29, 0.717) is 6.42 Å². The van der Waals surface area contributed by atoms with Crippen molar-refractivity contribution in [3.63, 3.8) is 0 Å². The second kappa shape index (κ2) is 7.37. The smallest absolute Gasteiger partial charge is 0.242 e. The number of hydrogen-bond acceptors (Lipinski definition) is 4. The van der Waals surface area contributed by atoms with E-state index < -0.39 is 10.0 Å². The standard InChI is InChI=1S/C13H21N3O3S/c1-3-10(9-14)13(17)16-11-7-5-6-8-12(11)20(18,19)15-4-2/h5-8,10,15H,3-4,9,14H2,1-2H3,(H,16,17). The van der Waals surface area contributed by atoms with E-state index in [2.05, 4.69) is 10.0 Å². The molecule has 1 rings (SSSR count). The predicted octanol–water partition coefficient (Wildman–Crippen LogP) is 0.908. The summed E-state index contributed by atoms with van der Waals surface area (Å²) >= 11 is 0. The van der Waals surface area contributed by atoms with Crippen LogP contribution in [0.1, 0.15) is 20.3 Å². The van der Waals surface area contributed by atoms with Gasteiger partial charge in [0.15, 0.2) is 0 Å². The molecule has 0 aliphatic heterocycles. The van der Waals surface area contributed by atoms with Gasteiger partial charge in [-0.2, -0.15) is 0 Å². The fraction of sp³-hybridized carbons (Fsp3) is 0.462. The number of rotatable bonds is 7. The first kappa shape index (κ1) is 16.6. The summed E-state index contributed by atoms with van der Waals surface area (Å²) in [7, 11) is -3.62. The van der Waals surface area contributed by atoms with Gasteiger partial charge in [-0.25, -0.2) is 13.1 Å². The molecule has 112 valence electrons. The highest BCUT2D eigenvalue weighted by Crippen LogP contribution is 2.21. The number of carbonyl (C=O) groups excluding carboxylic acids is 1. The Morgan fingerprint density at radius 2 is 1.95 bits per heavy atom. The van der Waals surface area contributed by atoms with Crippen LogP contribution in [-0.2, 0) is 14.8 Å². The van der Waals surface area contributed by atoms with Crippen LogP contribution in [0.15, 0.2) is 29.2 Å². The average Bonchev–Trinajstić information content (AvgIpc) is 2.40. The minimum Gasteiger partial charge on any atom is -0.330 e. The monoisotopic (exact) mass is 299 g/mol. The largest absolute Gasteiger partial charge is 0.330 e. The summed E-state index contributed by atoms with van der Waals surface area (Å²) in [5.74, 6) is -0.598. The van der Waals surface area contributed by atoms with E-state index in [4.69, 9.17) is 5.73 Å². The van der Waals surface area contributed by atoms with Crippen LogP contribution in [-0.4, -0.2) is 27.4 Å². The van der Waals surface area contributed by atoms with Crippen LogP contribution in [0.2, 0.25) is 0 Å². The van der Waals surface area contributed by atoms with Gasteiger partial charge < -0.3 is 11.1 Å². The molecular weight excluding hydrogens is 278 g/mol. The molecule has 0 heterocycles. The van der Waals surface area contributed by atoms with E-state index in [-0.39, 0.29) is 35.5 Å². The van der Waals surface area contributed by atoms with E-state index in [1.807, 2.05) is 6.92 Å². The third-order valence-electron chi connectivity index (χ3n) is 2.92. The maximum absolute atomic E-state index is 12.1. The first-order chi connectivity index (χ1) is 9.46. The van der Waals surface area contributed by atoms with E-state index in [0.717, 1.165) is 0 Å². The number of para-hydroxylation sites is 1. The lowest BCUT2D eigenvalue weighted by Crippen LogP contribution is -2.30. The zero-order valence-electron chi connectivity index (χ0n) is 11.7. The molecular formula is C13H21N3O3S. The Kier molecular flexibility index (Phi) is 6.12. The highest BCUT2D eigenvalue weighted by Gasteiger charge is 2.20. The van der Waals surface area contributed by atoms with Crippen molar-refractivity contribution in [2.75, 3.05) is 18.4 Å². The average molecular weight is 299 g/mol. The third kappa shape index (κ3) is 4.03. The van der Waals surface area contributed by atoms with Crippen LogP contribution in [0.3, 0.4) is 0 Å². The topological polar surface area (TPSA) is 101 Å². The number of carbonyl (C=O) groups is 1. The summed E-state index contributed by atoms with van der Waals surface area (Å²) in [6.07, 6.45) is 0.602. The second-order valence-corrected chi connectivity index (χ2v) is 6.06. The van der Waals surface area contributed by atoms with Crippen molar-refractivity contribution in [3.8, 4) is 0 Å². The fourth-order valence-corrected chi connectivity index (χ4v) is 2.97. The van der Waals surface area contributed by atoms with Crippen molar-refractivity contribution in [2.24, 2.45) is 11.7 Å². The molecule has 0 aliphatic rings. The summed E-state index contributed by atoms with van der Waals surface area (Å²) < 4.78 is 26.5. The Bertz CT molecular complexity index is 554. The van der Waals surface area contributed by atoms with Crippen LogP contribution < -0.4 is 15.8 Å². The van der Waals surface area contributed by atoms with Crippen LogP contribution in [0.4, 0.5) is 5.69 Å². The fourth-order valence-electron chi connectivity index (χ4n) is 1.77. The first-order valence-corrected chi connectivity index (χ1v) is 8.04. The van der Waals surface area contributed by atoms with Gasteiger partial charge in [0.05, 0.1) is 11.6 Å². The molecule has 0 aromatic heterocycles.